The predicted octanol–water partition coefficient (Wildman–Crippen LogP) is 2.49. The van der Waals surface area contributed by atoms with Crippen molar-refractivity contribution in [2.75, 3.05) is 26.7 Å². The highest BCUT2D eigenvalue weighted by Crippen LogP contribution is 2.27. The van der Waals surface area contributed by atoms with Crippen LogP contribution in [0.4, 0.5) is 0 Å². The fraction of sp³-hybridized carbons (Fsp3) is 0.556. The lowest BCUT2D eigenvalue weighted by Gasteiger charge is -2.25. The Morgan fingerprint density at radius 3 is 2.81 bits per heavy atom. The van der Waals surface area contributed by atoms with E-state index >= 15 is 0 Å². The monoisotopic (exact) mass is 403 g/mol. The van der Waals surface area contributed by atoms with E-state index in [0.717, 1.165) is 13.0 Å². The molecule has 1 saturated heterocycles. The van der Waals surface area contributed by atoms with Gasteiger partial charge < -0.3 is 20.3 Å². The van der Waals surface area contributed by atoms with Gasteiger partial charge in [0, 0.05) is 24.2 Å². The highest BCUT2D eigenvalue weighted by Gasteiger charge is 2.35. The van der Waals surface area contributed by atoms with Crippen molar-refractivity contribution in [2.24, 2.45) is 0 Å². The van der Waals surface area contributed by atoms with Crippen LogP contribution in [-0.2, 0) is 4.79 Å². The maximum Gasteiger partial charge on any atom is 0.258 e. The minimum atomic E-state index is -0.454. The molecule has 1 aromatic rings. The Bertz CT molecular complexity index is 628. The van der Waals surface area contributed by atoms with E-state index in [9.17, 15) is 9.59 Å². The van der Waals surface area contributed by atoms with Crippen LogP contribution in [-0.4, -0.2) is 55.5 Å². The molecule has 2 amide bonds. The van der Waals surface area contributed by atoms with Crippen LogP contribution >= 0.6 is 24.0 Å². The summed E-state index contributed by atoms with van der Waals surface area (Å²) in [5.41, 5.74) is 0.385. The molecule has 1 aromatic carbocycles. The van der Waals surface area contributed by atoms with Gasteiger partial charge in [-0.2, -0.15) is 0 Å². The summed E-state index contributed by atoms with van der Waals surface area (Å²) in [6.07, 6.45) is 1.46. The van der Waals surface area contributed by atoms with Gasteiger partial charge in [0.2, 0.25) is 5.91 Å². The summed E-state index contributed by atoms with van der Waals surface area (Å²) >= 11 is 6.03. The summed E-state index contributed by atoms with van der Waals surface area (Å²) in [4.78, 5) is 27.1. The van der Waals surface area contributed by atoms with Gasteiger partial charge in [0.05, 0.1) is 12.7 Å². The number of likely N-dealkylation sites (N-methyl/N-ethyl adjacent to an activating group) is 1. The van der Waals surface area contributed by atoms with Gasteiger partial charge in [-0.05, 0) is 44.5 Å². The van der Waals surface area contributed by atoms with Gasteiger partial charge in [0.25, 0.3) is 5.91 Å². The van der Waals surface area contributed by atoms with E-state index in [1.807, 2.05) is 13.8 Å². The number of methoxy groups -OCH3 is 1. The molecule has 1 heterocycles. The molecule has 0 spiro atoms. The van der Waals surface area contributed by atoms with Crippen LogP contribution in [0.25, 0.3) is 0 Å². The Morgan fingerprint density at radius 2 is 2.15 bits per heavy atom. The number of halogens is 2. The molecule has 0 saturated carbocycles. The number of carbonyl (C=O) groups excluding carboxylic acids is 2. The number of hydrogen-bond donors (Lipinski definition) is 2. The molecule has 0 bridgehead atoms. The van der Waals surface area contributed by atoms with E-state index in [1.54, 1.807) is 23.1 Å². The van der Waals surface area contributed by atoms with Crippen LogP contribution in [0.2, 0.25) is 5.02 Å². The SMILES string of the molecule is CCN[C@H](C)CNC(=O)C1CCCN1C(=O)c1cc(Cl)ccc1OC.Cl. The molecule has 6 nitrogen and oxygen atoms in total. The minimum absolute atomic E-state index is 0. The van der Waals surface area contributed by atoms with Crippen molar-refractivity contribution >= 4 is 35.8 Å². The fourth-order valence-electron chi connectivity index (χ4n) is 3.08. The van der Waals surface area contributed by atoms with Crippen molar-refractivity contribution in [1.29, 1.82) is 0 Å². The molecule has 26 heavy (non-hydrogen) atoms. The zero-order chi connectivity index (χ0) is 18.4. The number of rotatable bonds is 7. The Labute approximate surface area is 166 Å². The van der Waals surface area contributed by atoms with Crippen LogP contribution in [0, 0.1) is 0 Å². The van der Waals surface area contributed by atoms with E-state index in [2.05, 4.69) is 10.6 Å². The molecule has 1 fully saturated rings. The second kappa shape index (κ2) is 10.6. The molecular weight excluding hydrogens is 377 g/mol. The van der Waals surface area contributed by atoms with E-state index in [1.165, 1.54) is 7.11 Å². The molecule has 146 valence electrons. The molecule has 1 aliphatic heterocycles. The first-order chi connectivity index (χ1) is 12.0. The van der Waals surface area contributed by atoms with Gasteiger partial charge in [0.1, 0.15) is 11.8 Å². The Morgan fingerprint density at radius 1 is 1.42 bits per heavy atom. The van der Waals surface area contributed by atoms with Crippen molar-refractivity contribution in [3.63, 3.8) is 0 Å². The lowest BCUT2D eigenvalue weighted by Crippen LogP contribution is -2.48. The molecule has 2 rings (SSSR count). The Balaban J connectivity index is 0.00000338. The largest absolute Gasteiger partial charge is 0.496 e. The zero-order valence-electron chi connectivity index (χ0n) is 15.4. The third-order valence-electron chi connectivity index (χ3n) is 4.34. The fourth-order valence-corrected chi connectivity index (χ4v) is 3.25. The highest BCUT2D eigenvalue weighted by atomic mass is 35.5. The zero-order valence-corrected chi connectivity index (χ0v) is 17.0. The molecule has 2 N–H and O–H groups in total. The number of nitrogens with one attached hydrogen (secondary N) is 2. The number of benzene rings is 1. The number of amides is 2. The van der Waals surface area contributed by atoms with Crippen LogP contribution in [0.5, 0.6) is 5.75 Å². The number of hydrogen-bond acceptors (Lipinski definition) is 4. The summed E-state index contributed by atoms with van der Waals surface area (Å²) in [6, 6.07) is 4.66. The summed E-state index contributed by atoms with van der Waals surface area (Å²) in [5.74, 6) is 0.120. The topological polar surface area (TPSA) is 70.7 Å². The van der Waals surface area contributed by atoms with Gasteiger partial charge in [0.15, 0.2) is 0 Å². The molecule has 8 heteroatoms. The lowest BCUT2D eigenvalue weighted by atomic mass is 10.1. The summed E-state index contributed by atoms with van der Waals surface area (Å²) in [6.45, 7) is 5.97. The van der Waals surface area contributed by atoms with Crippen LogP contribution in [0.3, 0.4) is 0 Å². The van der Waals surface area contributed by atoms with Crippen LogP contribution in [0.15, 0.2) is 18.2 Å². The highest BCUT2D eigenvalue weighted by molar-refractivity contribution is 6.31. The average molecular weight is 404 g/mol. The van der Waals surface area contributed by atoms with E-state index in [4.69, 9.17) is 16.3 Å². The normalized spacial score (nSPS) is 17.4. The van der Waals surface area contributed by atoms with Crippen molar-refractivity contribution in [2.45, 2.75) is 38.8 Å². The number of likely N-dealkylation sites (tertiary alicyclic amines) is 1. The Kier molecular flexibility index (Phi) is 9.19. The maximum atomic E-state index is 12.9. The van der Waals surface area contributed by atoms with Crippen molar-refractivity contribution in [3.05, 3.63) is 28.8 Å². The second-order valence-corrected chi connectivity index (χ2v) is 6.64. The maximum absolute atomic E-state index is 12.9. The quantitative estimate of drug-likeness (QED) is 0.733. The van der Waals surface area contributed by atoms with Crippen LogP contribution < -0.4 is 15.4 Å². The van der Waals surface area contributed by atoms with Gasteiger partial charge in [-0.15, -0.1) is 12.4 Å². The summed E-state index contributed by atoms with van der Waals surface area (Å²) in [5, 5.41) is 6.64. The van der Waals surface area contributed by atoms with Crippen molar-refractivity contribution < 1.29 is 14.3 Å². The van der Waals surface area contributed by atoms with Gasteiger partial charge in [-0.25, -0.2) is 0 Å². The molecule has 2 atom stereocenters. The van der Waals surface area contributed by atoms with Gasteiger partial charge in [-0.1, -0.05) is 18.5 Å². The third kappa shape index (κ3) is 5.50. The number of ether oxygens (including phenoxy) is 1. The number of nitrogens with zero attached hydrogens (tertiary/aromatic N) is 1. The molecular formula is C18H27Cl2N3O3. The van der Waals surface area contributed by atoms with E-state index in [-0.39, 0.29) is 30.3 Å². The minimum Gasteiger partial charge on any atom is -0.496 e. The smallest absolute Gasteiger partial charge is 0.258 e. The molecule has 1 aliphatic rings. The first-order valence-electron chi connectivity index (χ1n) is 8.63. The standard InChI is InChI=1S/C18H26ClN3O3.ClH/c1-4-20-12(2)11-21-17(23)15-6-5-9-22(15)18(24)14-10-13(19)7-8-16(14)25-3;/h7-8,10,12,15,20H,4-6,9,11H2,1-3H3,(H,21,23);1H/t12-,15?;/m1./s1. The van der Waals surface area contributed by atoms with Crippen molar-refractivity contribution in [1.82, 2.24) is 15.5 Å². The van der Waals surface area contributed by atoms with E-state index < -0.39 is 6.04 Å². The van der Waals surface area contributed by atoms with Gasteiger partial charge in [-0.3, -0.25) is 9.59 Å². The third-order valence-corrected chi connectivity index (χ3v) is 4.58. The first-order valence-corrected chi connectivity index (χ1v) is 9.01. The molecule has 1 unspecified atom stereocenters. The van der Waals surface area contributed by atoms with Crippen LogP contribution in [0.1, 0.15) is 37.0 Å². The predicted molar refractivity (Wildman–Crippen MR) is 105 cm³/mol. The van der Waals surface area contributed by atoms with E-state index in [0.29, 0.717) is 35.8 Å². The molecule has 0 aromatic heterocycles. The summed E-state index contributed by atoms with van der Waals surface area (Å²) in [7, 11) is 1.51. The second-order valence-electron chi connectivity index (χ2n) is 6.21. The average Bonchev–Trinajstić information content (AvgIpc) is 3.09. The first kappa shape index (κ1) is 22.5. The Hall–Kier alpha value is -1.50. The number of carbonyl (C=O) groups is 2. The molecule has 0 radical (unpaired) electrons. The summed E-state index contributed by atoms with van der Waals surface area (Å²) < 4.78 is 5.27. The lowest BCUT2D eigenvalue weighted by molar-refractivity contribution is -0.124. The van der Waals surface area contributed by atoms with Gasteiger partial charge >= 0.3 is 0 Å². The molecule has 0 aliphatic carbocycles. The van der Waals surface area contributed by atoms with Crippen molar-refractivity contribution in [3.8, 4) is 5.75 Å².